The maximum Gasteiger partial charge on any atom is 0.412 e. The molecule has 0 fully saturated rings. The summed E-state index contributed by atoms with van der Waals surface area (Å²) < 4.78 is 27.3. The number of hydrogen-bond acceptors (Lipinski definition) is 8. The van der Waals surface area contributed by atoms with Gasteiger partial charge in [-0.25, -0.2) is 9.59 Å². The van der Waals surface area contributed by atoms with Crippen molar-refractivity contribution in [2.75, 3.05) is 27.9 Å². The molecule has 0 aliphatic carbocycles. The summed E-state index contributed by atoms with van der Waals surface area (Å²) in [6.07, 6.45) is 0.772. The Bertz CT molecular complexity index is 1370. The minimum atomic E-state index is -0.768. The zero-order valence-corrected chi connectivity index (χ0v) is 23.8. The molecule has 0 unspecified atom stereocenters. The summed E-state index contributed by atoms with van der Waals surface area (Å²) in [6.45, 7) is 10.1. The van der Waals surface area contributed by atoms with Crippen molar-refractivity contribution in [3.8, 4) is 22.6 Å². The third kappa shape index (κ3) is 7.26. The molecule has 0 atom stereocenters. The van der Waals surface area contributed by atoms with Gasteiger partial charge in [-0.05, 0) is 70.0 Å². The van der Waals surface area contributed by atoms with E-state index in [1.54, 1.807) is 41.1 Å². The summed E-state index contributed by atoms with van der Waals surface area (Å²) in [4.78, 5) is 29.8. The van der Waals surface area contributed by atoms with Crippen LogP contribution in [0.3, 0.4) is 0 Å². The van der Waals surface area contributed by atoms with Gasteiger partial charge < -0.3 is 23.7 Å². The van der Waals surface area contributed by atoms with Gasteiger partial charge in [0.25, 0.3) is 0 Å². The first-order valence-electron chi connectivity index (χ1n) is 12.5. The van der Waals surface area contributed by atoms with Gasteiger partial charge in [0.2, 0.25) is 0 Å². The van der Waals surface area contributed by atoms with Crippen LogP contribution >= 0.6 is 0 Å². The number of pyridine rings is 1. The number of hydrogen-bond donors (Lipinski definition) is 1. The van der Waals surface area contributed by atoms with Gasteiger partial charge in [0, 0.05) is 23.3 Å². The highest BCUT2D eigenvalue weighted by atomic mass is 16.6. The van der Waals surface area contributed by atoms with Gasteiger partial charge >= 0.3 is 12.1 Å². The standard InChI is InChI=1S/C30H36N2O7/c1-9-38-17-19-14-24(35-6)26(25(15-19)36-7)22-13-11-20(21-12-10-18(2)31-27(21)22)16-23(28(33)37-8)32-29(34)39-30(3,4)5/h10-16H,9,17H2,1-8H3,(H,32,34)/b23-16-. The summed E-state index contributed by atoms with van der Waals surface area (Å²) >= 11 is 0. The van der Waals surface area contributed by atoms with E-state index in [9.17, 15) is 9.59 Å². The summed E-state index contributed by atoms with van der Waals surface area (Å²) in [5.41, 5.74) is 3.73. The fraction of sp³-hybridized carbons (Fsp3) is 0.367. The fourth-order valence-electron chi connectivity index (χ4n) is 4.02. The highest BCUT2D eigenvalue weighted by Crippen LogP contribution is 2.43. The fourth-order valence-corrected chi connectivity index (χ4v) is 4.02. The number of aryl methyl sites for hydroxylation is 1. The van der Waals surface area contributed by atoms with Gasteiger partial charge in [-0.3, -0.25) is 10.3 Å². The van der Waals surface area contributed by atoms with Crippen LogP contribution in [-0.2, 0) is 25.6 Å². The van der Waals surface area contributed by atoms with Crippen LogP contribution in [0.5, 0.6) is 11.5 Å². The van der Waals surface area contributed by atoms with E-state index in [1.165, 1.54) is 7.11 Å². The van der Waals surface area contributed by atoms with Crippen LogP contribution < -0.4 is 14.8 Å². The van der Waals surface area contributed by atoms with Gasteiger partial charge in [-0.15, -0.1) is 0 Å². The summed E-state index contributed by atoms with van der Waals surface area (Å²) in [5.74, 6) is 0.504. The number of methoxy groups -OCH3 is 3. The number of rotatable bonds is 9. The van der Waals surface area contributed by atoms with Crippen molar-refractivity contribution in [3.63, 3.8) is 0 Å². The molecule has 3 aromatic rings. The first-order chi connectivity index (χ1) is 18.5. The predicted molar refractivity (Wildman–Crippen MR) is 150 cm³/mol. The van der Waals surface area contributed by atoms with Crippen LogP contribution in [0.4, 0.5) is 4.79 Å². The van der Waals surface area contributed by atoms with Gasteiger partial charge in [-0.2, -0.15) is 0 Å². The van der Waals surface area contributed by atoms with Gasteiger partial charge in [0.1, 0.15) is 22.8 Å². The second-order valence-electron chi connectivity index (χ2n) is 9.74. The monoisotopic (exact) mass is 536 g/mol. The lowest BCUT2D eigenvalue weighted by molar-refractivity contribution is -0.136. The van der Waals surface area contributed by atoms with E-state index in [1.807, 2.05) is 50.2 Å². The lowest BCUT2D eigenvalue weighted by Gasteiger charge is -2.20. The van der Waals surface area contributed by atoms with E-state index >= 15 is 0 Å². The third-order valence-electron chi connectivity index (χ3n) is 5.68. The topological polar surface area (TPSA) is 105 Å². The number of nitrogens with zero attached hydrogens (tertiary/aromatic N) is 1. The van der Waals surface area contributed by atoms with E-state index in [0.29, 0.717) is 35.8 Å². The quantitative estimate of drug-likeness (QED) is 0.270. The minimum Gasteiger partial charge on any atom is -0.496 e. The molecular formula is C30H36N2O7. The molecule has 0 saturated heterocycles. The van der Waals surface area contributed by atoms with Crippen LogP contribution in [0.15, 0.2) is 42.1 Å². The van der Waals surface area contributed by atoms with Crippen molar-refractivity contribution in [1.82, 2.24) is 10.3 Å². The second kappa shape index (κ2) is 12.6. The molecule has 1 aromatic heterocycles. The van der Waals surface area contributed by atoms with E-state index in [2.05, 4.69) is 5.32 Å². The maximum atomic E-state index is 12.6. The lowest BCUT2D eigenvalue weighted by Crippen LogP contribution is -2.34. The number of amides is 1. The molecule has 0 radical (unpaired) electrons. The Balaban J connectivity index is 2.21. The van der Waals surface area contributed by atoms with E-state index in [0.717, 1.165) is 27.8 Å². The Labute approximate surface area is 229 Å². The van der Waals surface area contributed by atoms with Gasteiger partial charge in [0.15, 0.2) is 0 Å². The molecule has 1 heterocycles. The smallest absolute Gasteiger partial charge is 0.412 e. The van der Waals surface area contributed by atoms with Crippen molar-refractivity contribution >= 4 is 29.0 Å². The Morgan fingerprint density at radius 3 is 2.23 bits per heavy atom. The number of ether oxygens (including phenoxy) is 5. The SMILES string of the molecule is CCOCc1cc(OC)c(-c2ccc(/C=C(\NC(=O)OC(C)(C)C)C(=O)OC)c3ccc(C)nc23)c(OC)c1. The molecule has 0 aliphatic rings. The minimum absolute atomic E-state index is 0.0724. The van der Waals surface area contributed by atoms with Crippen LogP contribution in [-0.4, -0.2) is 50.6 Å². The highest BCUT2D eigenvalue weighted by molar-refractivity contribution is 6.04. The van der Waals surface area contributed by atoms with Crippen molar-refractivity contribution in [1.29, 1.82) is 0 Å². The van der Waals surface area contributed by atoms with Crippen molar-refractivity contribution < 1.29 is 33.3 Å². The predicted octanol–water partition coefficient (Wildman–Crippen LogP) is 5.80. The number of benzene rings is 2. The van der Waals surface area contributed by atoms with E-state index < -0.39 is 17.7 Å². The molecular weight excluding hydrogens is 500 g/mol. The molecule has 0 bridgehead atoms. The molecule has 0 saturated carbocycles. The van der Waals surface area contributed by atoms with Crippen molar-refractivity contribution in [2.45, 2.75) is 46.8 Å². The van der Waals surface area contributed by atoms with E-state index in [-0.39, 0.29) is 5.70 Å². The number of fused-ring (bicyclic) bond motifs is 1. The Hall–Kier alpha value is -4.11. The van der Waals surface area contributed by atoms with Crippen LogP contribution in [0, 0.1) is 6.92 Å². The molecule has 208 valence electrons. The van der Waals surface area contributed by atoms with Crippen LogP contribution in [0.2, 0.25) is 0 Å². The second-order valence-corrected chi connectivity index (χ2v) is 9.74. The first-order valence-corrected chi connectivity index (χ1v) is 12.5. The largest absolute Gasteiger partial charge is 0.496 e. The number of alkyl carbamates (subject to hydrolysis) is 1. The average molecular weight is 537 g/mol. The molecule has 9 heteroatoms. The van der Waals surface area contributed by atoms with Crippen LogP contribution in [0.25, 0.3) is 28.1 Å². The molecule has 1 amide bonds. The number of nitrogens with one attached hydrogen (secondary N) is 1. The molecule has 0 aliphatic heterocycles. The van der Waals surface area contributed by atoms with Crippen LogP contribution in [0.1, 0.15) is 44.5 Å². The summed E-state index contributed by atoms with van der Waals surface area (Å²) in [6, 6.07) is 11.3. The van der Waals surface area contributed by atoms with Gasteiger partial charge in [-0.1, -0.05) is 18.2 Å². The molecule has 2 aromatic carbocycles. The molecule has 3 rings (SSSR count). The summed E-state index contributed by atoms with van der Waals surface area (Å²) in [5, 5.41) is 3.25. The maximum absolute atomic E-state index is 12.6. The lowest BCUT2D eigenvalue weighted by atomic mass is 9.95. The highest BCUT2D eigenvalue weighted by Gasteiger charge is 2.22. The molecule has 0 spiro atoms. The number of aromatic nitrogens is 1. The van der Waals surface area contributed by atoms with Crippen molar-refractivity contribution in [2.24, 2.45) is 0 Å². The molecule has 1 N–H and O–H groups in total. The zero-order valence-electron chi connectivity index (χ0n) is 23.8. The first kappa shape index (κ1) is 29.4. The number of carbonyl (C=O) groups is 2. The molecule has 39 heavy (non-hydrogen) atoms. The Morgan fingerprint density at radius 1 is 1.00 bits per heavy atom. The third-order valence-corrected chi connectivity index (χ3v) is 5.68. The van der Waals surface area contributed by atoms with Gasteiger partial charge in [0.05, 0.1) is 39.0 Å². The Kier molecular flexibility index (Phi) is 9.53. The van der Waals surface area contributed by atoms with Crippen molar-refractivity contribution in [3.05, 3.63) is 58.9 Å². The zero-order chi connectivity index (χ0) is 28.7. The van der Waals surface area contributed by atoms with E-state index in [4.69, 9.17) is 28.7 Å². The molecule has 9 nitrogen and oxygen atoms in total. The Morgan fingerprint density at radius 2 is 1.67 bits per heavy atom. The number of carbonyl (C=O) groups excluding carboxylic acids is 2. The number of esters is 1. The normalized spacial score (nSPS) is 11.7. The summed E-state index contributed by atoms with van der Waals surface area (Å²) in [7, 11) is 4.45. The average Bonchev–Trinajstić information content (AvgIpc) is 2.89.